The van der Waals surface area contributed by atoms with Crippen LogP contribution in [-0.2, 0) is 6.54 Å². The minimum atomic E-state index is 0.530. The molecule has 2 aromatic carbocycles. The zero-order chi connectivity index (χ0) is 18.2. The molecule has 0 aliphatic carbocycles. The van der Waals surface area contributed by atoms with Crippen molar-refractivity contribution in [1.82, 2.24) is 5.32 Å². The lowest BCUT2D eigenvalue weighted by Crippen LogP contribution is -2.39. The summed E-state index contributed by atoms with van der Waals surface area (Å²) in [5.41, 5.74) is 3.57. The zero-order valence-electron chi connectivity index (χ0n) is 15.2. The molecule has 0 aromatic heterocycles. The van der Waals surface area contributed by atoms with Crippen molar-refractivity contribution in [3.05, 3.63) is 72.3 Å². The molecule has 0 amide bonds. The third kappa shape index (κ3) is 5.33. The van der Waals surface area contributed by atoms with Crippen molar-refractivity contribution in [1.29, 1.82) is 0 Å². The van der Waals surface area contributed by atoms with E-state index in [0.29, 0.717) is 24.1 Å². The van der Waals surface area contributed by atoms with Gasteiger partial charge in [-0.05, 0) is 53.5 Å². The van der Waals surface area contributed by atoms with Gasteiger partial charge in [0, 0.05) is 12.2 Å². The van der Waals surface area contributed by atoms with Gasteiger partial charge >= 0.3 is 0 Å². The van der Waals surface area contributed by atoms with Crippen molar-refractivity contribution in [3.63, 3.8) is 0 Å². The Balaban J connectivity index is 2.23. The summed E-state index contributed by atoms with van der Waals surface area (Å²) in [6.45, 7) is 9.48. The summed E-state index contributed by atoms with van der Waals surface area (Å²) in [5.74, 6) is 1.36. The van der Waals surface area contributed by atoms with E-state index >= 15 is 0 Å². The maximum atomic E-state index is 5.59. The first-order chi connectivity index (χ1) is 12.0. The Labute approximate surface area is 156 Å². The van der Waals surface area contributed by atoms with Crippen molar-refractivity contribution < 1.29 is 4.74 Å². The number of anilines is 1. The molecule has 4 heteroatoms. The lowest BCUT2D eigenvalue weighted by molar-refractivity contribution is 0.415. The summed E-state index contributed by atoms with van der Waals surface area (Å²) in [4.78, 5) is 2.09. The first kappa shape index (κ1) is 19.0. The monoisotopic (exact) mass is 354 g/mol. The van der Waals surface area contributed by atoms with Crippen molar-refractivity contribution in [2.24, 2.45) is 0 Å². The average molecular weight is 355 g/mol. The van der Waals surface area contributed by atoms with Crippen molar-refractivity contribution in [2.75, 3.05) is 18.6 Å². The van der Waals surface area contributed by atoms with E-state index in [1.165, 1.54) is 11.1 Å². The Kier molecular flexibility index (Phi) is 7.02. The molecule has 0 aliphatic rings. The Hall–Kier alpha value is -2.33. The molecule has 0 radical (unpaired) electrons. The second kappa shape index (κ2) is 9.23. The fourth-order valence-electron chi connectivity index (χ4n) is 2.49. The number of methoxy groups -OCH3 is 1. The highest BCUT2D eigenvalue weighted by Gasteiger charge is 2.13. The van der Waals surface area contributed by atoms with Crippen molar-refractivity contribution >= 4 is 23.0 Å². The maximum Gasteiger partial charge on any atom is 0.174 e. The van der Waals surface area contributed by atoms with Gasteiger partial charge in [-0.2, -0.15) is 0 Å². The number of rotatable bonds is 7. The summed E-state index contributed by atoms with van der Waals surface area (Å²) < 4.78 is 5.25. The molecule has 25 heavy (non-hydrogen) atoms. The Morgan fingerprint density at radius 1 is 1.16 bits per heavy atom. The summed E-state index contributed by atoms with van der Waals surface area (Å²) in [6, 6.07) is 16.6. The van der Waals surface area contributed by atoms with Gasteiger partial charge in [-0.3, -0.25) is 0 Å². The van der Waals surface area contributed by atoms with Crippen LogP contribution in [0.15, 0.2) is 61.2 Å². The molecule has 0 bridgehead atoms. The SMILES string of the molecule is C=CCNC(=S)N(Cc1ccc(C(C)C)cc1)c1ccc(OC)cc1. The van der Waals surface area contributed by atoms with Crippen LogP contribution in [-0.4, -0.2) is 18.8 Å². The Bertz CT molecular complexity index is 693. The number of nitrogens with one attached hydrogen (secondary N) is 1. The van der Waals surface area contributed by atoms with Crippen LogP contribution in [0.4, 0.5) is 5.69 Å². The number of ether oxygens (including phenoxy) is 1. The van der Waals surface area contributed by atoms with Crippen LogP contribution in [0.2, 0.25) is 0 Å². The van der Waals surface area contributed by atoms with Gasteiger partial charge in [0.15, 0.2) is 5.11 Å². The van der Waals surface area contributed by atoms with Crippen LogP contribution < -0.4 is 15.0 Å². The lowest BCUT2D eigenvalue weighted by atomic mass is 10.0. The third-order valence-electron chi connectivity index (χ3n) is 4.01. The zero-order valence-corrected chi connectivity index (χ0v) is 16.0. The molecule has 0 saturated heterocycles. The molecule has 3 nitrogen and oxygen atoms in total. The van der Waals surface area contributed by atoms with Gasteiger partial charge in [0.1, 0.15) is 5.75 Å². The lowest BCUT2D eigenvalue weighted by Gasteiger charge is -2.26. The fourth-order valence-corrected chi connectivity index (χ4v) is 2.74. The molecule has 0 atom stereocenters. The molecule has 0 fully saturated rings. The smallest absolute Gasteiger partial charge is 0.174 e. The van der Waals surface area contributed by atoms with E-state index in [4.69, 9.17) is 17.0 Å². The minimum Gasteiger partial charge on any atom is -0.497 e. The second-order valence-corrected chi connectivity index (χ2v) is 6.54. The van der Waals surface area contributed by atoms with E-state index in [9.17, 15) is 0 Å². The molecule has 0 saturated carbocycles. The van der Waals surface area contributed by atoms with Gasteiger partial charge in [0.25, 0.3) is 0 Å². The minimum absolute atomic E-state index is 0.530. The predicted molar refractivity (Wildman–Crippen MR) is 111 cm³/mol. The van der Waals surface area contributed by atoms with Crippen LogP contribution in [0.3, 0.4) is 0 Å². The summed E-state index contributed by atoms with van der Waals surface area (Å²) in [5, 5.41) is 3.90. The molecule has 2 rings (SSSR count). The summed E-state index contributed by atoms with van der Waals surface area (Å²) in [6.07, 6.45) is 1.80. The Morgan fingerprint density at radius 3 is 2.32 bits per heavy atom. The number of hydrogen-bond acceptors (Lipinski definition) is 2. The van der Waals surface area contributed by atoms with Gasteiger partial charge in [-0.25, -0.2) is 0 Å². The van der Waals surface area contributed by atoms with Gasteiger partial charge in [0.2, 0.25) is 0 Å². The van der Waals surface area contributed by atoms with E-state index < -0.39 is 0 Å². The van der Waals surface area contributed by atoms with Gasteiger partial charge < -0.3 is 15.0 Å². The quantitative estimate of drug-likeness (QED) is 0.565. The van der Waals surface area contributed by atoms with Crippen LogP contribution in [0.1, 0.15) is 30.9 Å². The molecular formula is C21H26N2OS. The van der Waals surface area contributed by atoms with E-state index in [0.717, 1.165) is 11.4 Å². The van der Waals surface area contributed by atoms with Crippen molar-refractivity contribution in [2.45, 2.75) is 26.3 Å². The average Bonchev–Trinajstić information content (AvgIpc) is 2.64. The summed E-state index contributed by atoms with van der Waals surface area (Å²) >= 11 is 5.59. The molecule has 0 aliphatic heterocycles. The van der Waals surface area contributed by atoms with Gasteiger partial charge in [-0.15, -0.1) is 6.58 Å². The van der Waals surface area contributed by atoms with Crippen LogP contribution in [0, 0.1) is 0 Å². The van der Waals surface area contributed by atoms with Crippen LogP contribution in [0.25, 0.3) is 0 Å². The number of hydrogen-bond donors (Lipinski definition) is 1. The molecule has 1 N–H and O–H groups in total. The predicted octanol–water partition coefficient (Wildman–Crippen LogP) is 4.89. The van der Waals surface area contributed by atoms with Gasteiger partial charge in [-0.1, -0.05) is 44.2 Å². The maximum absolute atomic E-state index is 5.59. The van der Waals surface area contributed by atoms with E-state index in [-0.39, 0.29) is 0 Å². The topological polar surface area (TPSA) is 24.5 Å². The van der Waals surface area contributed by atoms with E-state index in [2.05, 4.69) is 54.9 Å². The first-order valence-electron chi connectivity index (χ1n) is 8.44. The largest absolute Gasteiger partial charge is 0.497 e. The van der Waals surface area contributed by atoms with E-state index in [1.807, 2.05) is 24.3 Å². The highest BCUT2D eigenvalue weighted by Crippen LogP contribution is 2.22. The van der Waals surface area contributed by atoms with Crippen molar-refractivity contribution in [3.8, 4) is 5.75 Å². The highest BCUT2D eigenvalue weighted by molar-refractivity contribution is 7.80. The Morgan fingerprint density at radius 2 is 1.80 bits per heavy atom. The second-order valence-electron chi connectivity index (χ2n) is 6.16. The molecule has 0 unspecified atom stereocenters. The normalized spacial score (nSPS) is 10.4. The number of nitrogens with zero attached hydrogens (tertiary/aromatic N) is 1. The highest BCUT2D eigenvalue weighted by atomic mass is 32.1. The summed E-state index contributed by atoms with van der Waals surface area (Å²) in [7, 11) is 1.67. The number of thiocarbonyl (C=S) groups is 1. The fraction of sp³-hybridized carbons (Fsp3) is 0.286. The molecule has 2 aromatic rings. The standard InChI is InChI=1S/C21H26N2OS/c1-5-14-22-21(25)23(19-10-12-20(24-4)13-11-19)15-17-6-8-18(9-7-17)16(2)3/h5-13,16H,1,14-15H2,2-4H3,(H,22,25). The molecule has 132 valence electrons. The molecule has 0 spiro atoms. The first-order valence-corrected chi connectivity index (χ1v) is 8.85. The van der Waals surface area contributed by atoms with E-state index in [1.54, 1.807) is 13.2 Å². The van der Waals surface area contributed by atoms with Gasteiger partial charge in [0.05, 0.1) is 13.7 Å². The third-order valence-corrected chi connectivity index (χ3v) is 4.38. The molecule has 0 heterocycles. The van der Waals surface area contributed by atoms with Crippen LogP contribution in [0.5, 0.6) is 5.75 Å². The van der Waals surface area contributed by atoms with Crippen LogP contribution >= 0.6 is 12.2 Å². The number of benzene rings is 2. The molecular weight excluding hydrogens is 328 g/mol.